The second-order valence-corrected chi connectivity index (χ2v) is 5.91. The van der Waals surface area contributed by atoms with Crippen LogP contribution >= 0.6 is 11.8 Å². The fourth-order valence-corrected chi connectivity index (χ4v) is 3.74. The van der Waals surface area contributed by atoms with E-state index in [1.807, 2.05) is 30.2 Å². The standard InChI is InChI=1S/C13H21N3S/c1-16(9-12-4-2-6-15-8-12)13(10-14)5-3-7-17-11-13/h2,4,6,8H,3,5,7,9-11,14H2,1H3. The van der Waals surface area contributed by atoms with Crippen molar-refractivity contribution < 1.29 is 0 Å². The zero-order valence-corrected chi connectivity index (χ0v) is 11.2. The predicted octanol–water partition coefficient (Wildman–Crippen LogP) is 1.74. The molecule has 1 unspecified atom stereocenters. The number of aromatic nitrogens is 1. The third-order valence-corrected chi connectivity index (χ3v) is 4.95. The Labute approximate surface area is 108 Å². The first-order chi connectivity index (χ1) is 8.27. The topological polar surface area (TPSA) is 42.2 Å². The second-order valence-electron chi connectivity index (χ2n) is 4.80. The summed E-state index contributed by atoms with van der Waals surface area (Å²) >= 11 is 2.03. The van der Waals surface area contributed by atoms with Crippen LogP contribution in [0.2, 0.25) is 0 Å². The zero-order valence-electron chi connectivity index (χ0n) is 10.4. The van der Waals surface area contributed by atoms with Crippen LogP contribution in [-0.2, 0) is 6.54 Å². The van der Waals surface area contributed by atoms with Crippen molar-refractivity contribution in [3.63, 3.8) is 0 Å². The molecule has 0 saturated carbocycles. The summed E-state index contributed by atoms with van der Waals surface area (Å²) in [5.74, 6) is 2.43. The number of hydrogen-bond donors (Lipinski definition) is 1. The van der Waals surface area contributed by atoms with Gasteiger partial charge in [-0.15, -0.1) is 0 Å². The van der Waals surface area contributed by atoms with Gasteiger partial charge in [0.25, 0.3) is 0 Å². The lowest BCUT2D eigenvalue weighted by molar-refractivity contribution is 0.127. The highest BCUT2D eigenvalue weighted by Crippen LogP contribution is 2.31. The van der Waals surface area contributed by atoms with Gasteiger partial charge >= 0.3 is 0 Å². The Balaban J connectivity index is 2.04. The van der Waals surface area contributed by atoms with Crippen molar-refractivity contribution in [2.24, 2.45) is 5.73 Å². The monoisotopic (exact) mass is 251 g/mol. The molecule has 0 radical (unpaired) electrons. The molecule has 17 heavy (non-hydrogen) atoms. The smallest absolute Gasteiger partial charge is 0.0422 e. The first-order valence-corrected chi connectivity index (χ1v) is 7.30. The largest absolute Gasteiger partial charge is 0.329 e. The van der Waals surface area contributed by atoms with E-state index in [4.69, 9.17) is 5.73 Å². The molecule has 0 spiro atoms. The molecule has 2 N–H and O–H groups in total. The Bertz CT molecular complexity index is 336. The van der Waals surface area contributed by atoms with Crippen molar-refractivity contribution in [3.8, 4) is 0 Å². The van der Waals surface area contributed by atoms with Crippen LogP contribution in [0.1, 0.15) is 18.4 Å². The van der Waals surface area contributed by atoms with Crippen LogP contribution in [0.3, 0.4) is 0 Å². The molecule has 1 saturated heterocycles. The molecule has 2 rings (SSSR count). The Morgan fingerprint density at radius 2 is 2.47 bits per heavy atom. The lowest BCUT2D eigenvalue weighted by Crippen LogP contribution is -2.55. The highest BCUT2D eigenvalue weighted by atomic mass is 32.2. The number of thioether (sulfide) groups is 1. The number of likely N-dealkylation sites (N-methyl/N-ethyl adjacent to an activating group) is 1. The van der Waals surface area contributed by atoms with Gasteiger partial charge in [0.05, 0.1) is 0 Å². The van der Waals surface area contributed by atoms with E-state index in [9.17, 15) is 0 Å². The summed E-state index contributed by atoms with van der Waals surface area (Å²) < 4.78 is 0. The molecular formula is C13H21N3S. The van der Waals surface area contributed by atoms with Crippen LogP contribution in [0.4, 0.5) is 0 Å². The number of rotatable bonds is 4. The van der Waals surface area contributed by atoms with Crippen LogP contribution in [-0.4, -0.2) is 40.5 Å². The maximum Gasteiger partial charge on any atom is 0.0422 e. The Morgan fingerprint density at radius 3 is 3.06 bits per heavy atom. The molecule has 2 heterocycles. The molecule has 1 aromatic heterocycles. The first kappa shape index (κ1) is 12.9. The van der Waals surface area contributed by atoms with E-state index in [0.29, 0.717) is 0 Å². The van der Waals surface area contributed by atoms with E-state index in [1.54, 1.807) is 0 Å². The molecule has 1 fully saturated rings. The highest BCUT2D eigenvalue weighted by molar-refractivity contribution is 7.99. The average molecular weight is 251 g/mol. The van der Waals surface area contributed by atoms with Gasteiger partial charge in [0, 0.05) is 36.8 Å². The van der Waals surface area contributed by atoms with E-state index in [1.165, 1.54) is 24.2 Å². The minimum Gasteiger partial charge on any atom is -0.329 e. The second kappa shape index (κ2) is 5.85. The number of pyridine rings is 1. The summed E-state index contributed by atoms with van der Waals surface area (Å²) in [6.45, 7) is 1.68. The van der Waals surface area contributed by atoms with E-state index < -0.39 is 0 Å². The molecule has 1 atom stereocenters. The molecule has 0 aromatic carbocycles. The van der Waals surface area contributed by atoms with Gasteiger partial charge in [0.1, 0.15) is 0 Å². The maximum absolute atomic E-state index is 6.02. The quantitative estimate of drug-likeness (QED) is 0.885. The average Bonchev–Trinajstić information content (AvgIpc) is 2.40. The minimum absolute atomic E-state index is 0.179. The Kier molecular flexibility index (Phi) is 4.42. The normalized spacial score (nSPS) is 25.1. The third-order valence-electron chi connectivity index (χ3n) is 3.63. The van der Waals surface area contributed by atoms with Crippen molar-refractivity contribution in [1.29, 1.82) is 0 Å². The van der Waals surface area contributed by atoms with Crippen LogP contribution in [0.15, 0.2) is 24.5 Å². The van der Waals surface area contributed by atoms with Crippen molar-refractivity contribution in [3.05, 3.63) is 30.1 Å². The van der Waals surface area contributed by atoms with Gasteiger partial charge in [0.15, 0.2) is 0 Å². The van der Waals surface area contributed by atoms with Crippen molar-refractivity contribution in [1.82, 2.24) is 9.88 Å². The van der Waals surface area contributed by atoms with Gasteiger partial charge < -0.3 is 5.73 Å². The Morgan fingerprint density at radius 1 is 1.59 bits per heavy atom. The number of hydrogen-bond acceptors (Lipinski definition) is 4. The van der Waals surface area contributed by atoms with Crippen LogP contribution < -0.4 is 5.73 Å². The van der Waals surface area contributed by atoms with E-state index in [-0.39, 0.29) is 5.54 Å². The molecule has 4 heteroatoms. The molecule has 0 amide bonds. The summed E-state index contributed by atoms with van der Waals surface area (Å²) in [7, 11) is 2.19. The summed E-state index contributed by atoms with van der Waals surface area (Å²) in [5.41, 5.74) is 7.46. The summed E-state index contributed by atoms with van der Waals surface area (Å²) in [6, 6.07) is 4.12. The molecule has 1 aliphatic heterocycles. The van der Waals surface area contributed by atoms with Gasteiger partial charge in [-0.2, -0.15) is 11.8 Å². The van der Waals surface area contributed by atoms with Crippen molar-refractivity contribution in [2.75, 3.05) is 25.1 Å². The van der Waals surface area contributed by atoms with E-state index >= 15 is 0 Å². The van der Waals surface area contributed by atoms with Gasteiger partial charge in [-0.25, -0.2) is 0 Å². The summed E-state index contributed by atoms with van der Waals surface area (Å²) in [6.07, 6.45) is 6.25. The van der Waals surface area contributed by atoms with Gasteiger partial charge in [0.2, 0.25) is 0 Å². The minimum atomic E-state index is 0.179. The lowest BCUT2D eigenvalue weighted by Gasteiger charge is -2.43. The first-order valence-electron chi connectivity index (χ1n) is 6.15. The summed E-state index contributed by atoms with van der Waals surface area (Å²) in [4.78, 5) is 6.58. The number of nitrogens with two attached hydrogens (primary N) is 1. The molecule has 3 nitrogen and oxygen atoms in total. The van der Waals surface area contributed by atoms with Gasteiger partial charge in [-0.3, -0.25) is 9.88 Å². The number of nitrogens with zero attached hydrogens (tertiary/aromatic N) is 2. The maximum atomic E-state index is 6.02. The third kappa shape index (κ3) is 3.00. The Hall–Kier alpha value is -0.580. The van der Waals surface area contributed by atoms with Crippen LogP contribution in [0, 0.1) is 0 Å². The lowest BCUT2D eigenvalue weighted by atomic mass is 9.93. The van der Waals surface area contributed by atoms with Gasteiger partial charge in [-0.1, -0.05) is 6.07 Å². The SMILES string of the molecule is CN(Cc1cccnc1)C1(CN)CCCSC1. The molecule has 0 bridgehead atoms. The van der Waals surface area contributed by atoms with E-state index in [0.717, 1.165) is 18.8 Å². The molecule has 1 aromatic rings. The van der Waals surface area contributed by atoms with Crippen LogP contribution in [0.25, 0.3) is 0 Å². The molecular weight excluding hydrogens is 230 g/mol. The zero-order chi connectivity index (χ0) is 12.1. The fraction of sp³-hybridized carbons (Fsp3) is 0.615. The van der Waals surface area contributed by atoms with Crippen molar-refractivity contribution >= 4 is 11.8 Å². The molecule has 1 aliphatic rings. The predicted molar refractivity (Wildman–Crippen MR) is 74.0 cm³/mol. The fourth-order valence-electron chi connectivity index (χ4n) is 2.39. The summed E-state index contributed by atoms with van der Waals surface area (Å²) in [5, 5.41) is 0. The van der Waals surface area contributed by atoms with Crippen LogP contribution in [0.5, 0.6) is 0 Å². The van der Waals surface area contributed by atoms with Crippen molar-refractivity contribution in [2.45, 2.75) is 24.9 Å². The van der Waals surface area contributed by atoms with Gasteiger partial charge in [-0.05, 0) is 37.3 Å². The highest BCUT2D eigenvalue weighted by Gasteiger charge is 2.34. The van der Waals surface area contributed by atoms with E-state index in [2.05, 4.69) is 23.0 Å². The molecule has 94 valence electrons. The molecule has 0 aliphatic carbocycles.